The minimum absolute atomic E-state index is 0.0663. The SMILES string of the molecule is Cc1cnc2c(NC(=O)c3ncccc3O)cccc2c1N1CCN(C)C1=O. The van der Waals surface area contributed by atoms with E-state index in [2.05, 4.69) is 15.3 Å². The number of amides is 3. The van der Waals surface area contributed by atoms with Crippen molar-refractivity contribution in [3.8, 4) is 5.75 Å². The number of anilines is 2. The van der Waals surface area contributed by atoms with Crippen molar-refractivity contribution in [1.29, 1.82) is 0 Å². The summed E-state index contributed by atoms with van der Waals surface area (Å²) in [5, 5.41) is 13.4. The number of urea groups is 1. The molecule has 0 atom stereocenters. The van der Waals surface area contributed by atoms with Crippen LogP contribution in [0, 0.1) is 6.92 Å². The summed E-state index contributed by atoms with van der Waals surface area (Å²) < 4.78 is 0. The molecule has 0 spiro atoms. The van der Waals surface area contributed by atoms with E-state index in [1.54, 1.807) is 41.2 Å². The third-order valence-electron chi connectivity index (χ3n) is 4.79. The molecule has 2 N–H and O–H groups in total. The van der Waals surface area contributed by atoms with Crippen molar-refractivity contribution in [3.05, 3.63) is 54.0 Å². The third kappa shape index (κ3) is 2.88. The fourth-order valence-electron chi connectivity index (χ4n) is 3.38. The van der Waals surface area contributed by atoms with Crippen molar-refractivity contribution in [2.75, 3.05) is 30.4 Å². The molecule has 28 heavy (non-hydrogen) atoms. The Morgan fingerprint density at radius 2 is 2.00 bits per heavy atom. The van der Waals surface area contributed by atoms with Gasteiger partial charge in [-0.2, -0.15) is 0 Å². The van der Waals surface area contributed by atoms with Gasteiger partial charge in [0.15, 0.2) is 5.69 Å². The van der Waals surface area contributed by atoms with Gasteiger partial charge in [0.2, 0.25) is 0 Å². The fourth-order valence-corrected chi connectivity index (χ4v) is 3.38. The number of carbonyl (C=O) groups is 2. The predicted octanol–water partition coefficient (Wildman–Crippen LogP) is 2.77. The molecule has 8 nitrogen and oxygen atoms in total. The standard InChI is InChI=1S/C20H19N5O3/c1-12-11-22-16-13(18(12)25-10-9-24(2)20(25)28)5-3-6-14(16)23-19(27)17-15(26)7-4-8-21-17/h3-8,11,26H,9-10H2,1-2H3,(H,23,27). The van der Waals surface area contributed by atoms with Crippen LogP contribution in [0.3, 0.4) is 0 Å². The van der Waals surface area contributed by atoms with Crippen LogP contribution in [-0.2, 0) is 0 Å². The summed E-state index contributed by atoms with van der Waals surface area (Å²) in [6.07, 6.45) is 3.13. The summed E-state index contributed by atoms with van der Waals surface area (Å²) in [4.78, 5) is 36.9. The van der Waals surface area contributed by atoms with E-state index in [9.17, 15) is 14.7 Å². The molecule has 1 saturated heterocycles. The van der Waals surface area contributed by atoms with Gasteiger partial charge in [0.05, 0.1) is 16.9 Å². The lowest BCUT2D eigenvalue weighted by Gasteiger charge is -2.21. The van der Waals surface area contributed by atoms with Gasteiger partial charge in [0, 0.05) is 37.9 Å². The van der Waals surface area contributed by atoms with E-state index >= 15 is 0 Å². The monoisotopic (exact) mass is 377 g/mol. The van der Waals surface area contributed by atoms with Gasteiger partial charge < -0.3 is 15.3 Å². The summed E-state index contributed by atoms with van der Waals surface area (Å²) in [5.41, 5.74) is 2.64. The number of likely N-dealkylation sites (N-methyl/N-ethyl adjacent to an activating group) is 1. The number of nitrogens with one attached hydrogen (secondary N) is 1. The van der Waals surface area contributed by atoms with Gasteiger partial charge in [0.1, 0.15) is 5.75 Å². The van der Waals surface area contributed by atoms with Crippen LogP contribution in [0.1, 0.15) is 16.1 Å². The molecule has 0 saturated carbocycles. The van der Waals surface area contributed by atoms with Crippen molar-refractivity contribution in [1.82, 2.24) is 14.9 Å². The Labute approximate surface area is 161 Å². The molecule has 1 aromatic carbocycles. The molecule has 1 aliphatic heterocycles. The number of aromatic nitrogens is 2. The smallest absolute Gasteiger partial charge is 0.324 e. The summed E-state index contributed by atoms with van der Waals surface area (Å²) in [5.74, 6) is -0.734. The normalized spacial score (nSPS) is 14.0. The van der Waals surface area contributed by atoms with Crippen molar-refractivity contribution in [2.45, 2.75) is 6.92 Å². The van der Waals surface area contributed by atoms with E-state index in [0.29, 0.717) is 24.3 Å². The molecule has 3 amide bonds. The van der Waals surface area contributed by atoms with Crippen LogP contribution in [-0.4, -0.2) is 52.0 Å². The summed E-state index contributed by atoms with van der Waals surface area (Å²) in [6.45, 7) is 3.15. The van der Waals surface area contributed by atoms with Crippen molar-refractivity contribution >= 4 is 34.2 Å². The van der Waals surface area contributed by atoms with Crippen molar-refractivity contribution in [2.24, 2.45) is 0 Å². The first-order valence-corrected chi connectivity index (χ1v) is 8.83. The minimum Gasteiger partial charge on any atom is -0.505 e. The lowest BCUT2D eigenvalue weighted by Crippen LogP contribution is -2.30. The Bertz CT molecular complexity index is 1100. The highest BCUT2D eigenvalue weighted by molar-refractivity contribution is 6.12. The van der Waals surface area contributed by atoms with E-state index in [-0.39, 0.29) is 17.5 Å². The Morgan fingerprint density at radius 3 is 2.71 bits per heavy atom. The fraction of sp³-hybridized carbons (Fsp3) is 0.200. The maximum atomic E-state index is 12.5. The summed E-state index contributed by atoms with van der Waals surface area (Å²) in [6, 6.07) is 8.29. The number of nitrogens with zero attached hydrogens (tertiary/aromatic N) is 4. The Hall–Kier alpha value is -3.68. The number of benzene rings is 1. The minimum atomic E-state index is -0.536. The second-order valence-electron chi connectivity index (χ2n) is 6.67. The van der Waals surface area contributed by atoms with E-state index in [4.69, 9.17) is 0 Å². The maximum Gasteiger partial charge on any atom is 0.324 e. The molecule has 3 heterocycles. The van der Waals surface area contributed by atoms with Gasteiger partial charge in [-0.1, -0.05) is 12.1 Å². The highest BCUT2D eigenvalue weighted by Gasteiger charge is 2.29. The quantitative estimate of drug-likeness (QED) is 0.731. The first-order valence-electron chi connectivity index (χ1n) is 8.83. The molecule has 1 fully saturated rings. The second-order valence-corrected chi connectivity index (χ2v) is 6.67. The molecular weight excluding hydrogens is 358 g/mol. The van der Waals surface area contributed by atoms with Gasteiger partial charge in [-0.05, 0) is 30.7 Å². The van der Waals surface area contributed by atoms with Gasteiger partial charge in [0.25, 0.3) is 5.91 Å². The summed E-state index contributed by atoms with van der Waals surface area (Å²) >= 11 is 0. The Balaban J connectivity index is 1.78. The lowest BCUT2D eigenvalue weighted by atomic mass is 10.1. The van der Waals surface area contributed by atoms with Crippen LogP contribution in [0.25, 0.3) is 10.9 Å². The van der Waals surface area contributed by atoms with E-state index < -0.39 is 5.91 Å². The van der Waals surface area contributed by atoms with Crippen LogP contribution in [0.15, 0.2) is 42.7 Å². The molecule has 0 radical (unpaired) electrons. The van der Waals surface area contributed by atoms with Gasteiger partial charge in [-0.25, -0.2) is 9.78 Å². The predicted molar refractivity (Wildman–Crippen MR) is 106 cm³/mol. The number of hydrogen-bond acceptors (Lipinski definition) is 5. The van der Waals surface area contributed by atoms with Crippen LogP contribution < -0.4 is 10.2 Å². The van der Waals surface area contributed by atoms with Crippen molar-refractivity contribution in [3.63, 3.8) is 0 Å². The Morgan fingerprint density at radius 1 is 1.18 bits per heavy atom. The van der Waals surface area contributed by atoms with Gasteiger partial charge >= 0.3 is 6.03 Å². The average molecular weight is 377 g/mol. The van der Waals surface area contributed by atoms with E-state index in [1.807, 2.05) is 13.0 Å². The molecule has 0 unspecified atom stereocenters. The number of aromatic hydroxyl groups is 1. The summed E-state index contributed by atoms with van der Waals surface area (Å²) in [7, 11) is 1.77. The number of fused-ring (bicyclic) bond motifs is 1. The molecule has 3 aromatic rings. The number of para-hydroxylation sites is 1. The zero-order chi connectivity index (χ0) is 19.8. The molecule has 2 aromatic heterocycles. The highest BCUT2D eigenvalue weighted by atomic mass is 16.3. The molecule has 8 heteroatoms. The van der Waals surface area contributed by atoms with E-state index in [0.717, 1.165) is 16.6 Å². The zero-order valence-corrected chi connectivity index (χ0v) is 15.5. The topological polar surface area (TPSA) is 98.7 Å². The molecule has 0 aliphatic carbocycles. The maximum absolute atomic E-state index is 12.5. The molecular formula is C20H19N5O3. The molecule has 0 bridgehead atoms. The number of hydrogen-bond donors (Lipinski definition) is 2. The van der Waals surface area contributed by atoms with E-state index in [1.165, 1.54) is 12.3 Å². The highest BCUT2D eigenvalue weighted by Crippen LogP contribution is 2.34. The average Bonchev–Trinajstić information content (AvgIpc) is 3.01. The van der Waals surface area contributed by atoms with Gasteiger partial charge in [-0.3, -0.25) is 14.7 Å². The van der Waals surface area contributed by atoms with Gasteiger partial charge in [-0.15, -0.1) is 0 Å². The molecule has 142 valence electrons. The molecule has 4 rings (SSSR count). The van der Waals surface area contributed by atoms with Crippen LogP contribution in [0.2, 0.25) is 0 Å². The first-order chi connectivity index (χ1) is 13.5. The lowest BCUT2D eigenvalue weighted by molar-refractivity contribution is 0.101. The second kappa shape index (κ2) is 6.80. The largest absolute Gasteiger partial charge is 0.505 e. The molecule has 1 aliphatic rings. The van der Waals surface area contributed by atoms with Crippen LogP contribution in [0.4, 0.5) is 16.2 Å². The Kier molecular flexibility index (Phi) is 4.31. The number of aryl methyl sites for hydroxylation is 1. The van der Waals surface area contributed by atoms with Crippen molar-refractivity contribution < 1.29 is 14.7 Å². The zero-order valence-electron chi connectivity index (χ0n) is 15.5. The number of pyridine rings is 2. The number of carbonyl (C=O) groups excluding carboxylic acids is 2. The first kappa shape index (κ1) is 17.7. The van der Waals surface area contributed by atoms with Crippen LogP contribution >= 0.6 is 0 Å². The third-order valence-corrected chi connectivity index (χ3v) is 4.79. The van der Waals surface area contributed by atoms with Crippen LogP contribution in [0.5, 0.6) is 5.75 Å². The number of rotatable bonds is 3.